The Morgan fingerprint density at radius 2 is 1.76 bits per heavy atom. The molecule has 0 spiro atoms. The van der Waals surface area contributed by atoms with Crippen LogP contribution in [0.25, 0.3) is 11.0 Å². The number of benzene rings is 1. The zero-order chi connectivity index (χ0) is 22.5. The summed E-state index contributed by atoms with van der Waals surface area (Å²) in [6, 6.07) is 12.2. The molecular formula is C29H42N4O. The number of para-hydroxylation sites is 2. The molecule has 4 heterocycles. The zero-order valence-electron chi connectivity index (χ0n) is 20.7. The van der Waals surface area contributed by atoms with Crippen molar-refractivity contribution in [3.8, 4) is 0 Å². The molecule has 5 aliphatic rings. The number of nitrogens with one attached hydrogen (secondary N) is 1. The van der Waals surface area contributed by atoms with E-state index in [1.807, 2.05) is 0 Å². The number of ether oxygens (including phenoxy) is 1. The Hall–Kier alpha value is -1.43. The molecule has 1 aromatic carbocycles. The third kappa shape index (κ3) is 3.92. The Kier molecular flexibility index (Phi) is 5.92. The largest absolute Gasteiger partial charge is 0.379 e. The van der Waals surface area contributed by atoms with Gasteiger partial charge in [-0.25, -0.2) is 4.98 Å². The van der Waals surface area contributed by atoms with Crippen molar-refractivity contribution in [2.24, 2.45) is 11.8 Å². The lowest BCUT2D eigenvalue weighted by Gasteiger charge is -2.56. The fourth-order valence-corrected chi connectivity index (χ4v) is 8.74. The lowest BCUT2D eigenvalue weighted by molar-refractivity contribution is -0.0612. The van der Waals surface area contributed by atoms with Crippen molar-refractivity contribution in [1.29, 1.82) is 0 Å². The van der Waals surface area contributed by atoms with Gasteiger partial charge in [0, 0.05) is 43.2 Å². The molecule has 0 amide bonds. The van der Waals surface area contributed by atoms with Crippen molar-refractivity contribution in [2.75, 3.05) is 19.8 Å². The first kappa shape index (κ1) is 21.8. The number of aromatic nitrogens is 2. The van der Waals surface area contributed by atoms with Gasteiger partial charge in [0.05, 0.1) is 24.2 Å². The van der Waals surface area contributed by atoms with E-state index in [1.165, 1.54) is 87.5 Å². The van der Waals surface area contributed by atoms with Crippen molar-refractivity contribution in [2.45, 2.75) is 107 Å². The third-order valence-corrected chi connectivity index (χ3v) is 10.1. The van der Waals surface area contributed by atoms with E-state index in [4.69, 9.17) is 9.72 Å². The lowest BCUT2D eigenvalue weighted by atomic mass is 9.67. The minimum atomic E-state index is 0.380. The normalized spacial score (nSPS) is 38.8. The molecule has 5 nitrogen and oxygen atoms in total. The number of nitrogens with zero attached hydrogens (tertiary/aromatic N) is 3. The smallest absolute Gasteiger partial charge is 0.111 e. The van der Waals surface area contributed by atoms with E-state index in [2.05, 4.69) is 39.0 Å². The minimum Gasteiger partial charge on any atom is -0.379 e. The Labute approximate surface area is 204 Å². The third-order valence-electron chi connectivity index (χ3n) is 10.1. The van der Waals surface area contributed by atoms with Crippen molar-refractivity contribution in [3.63, 3.8) is 0 Å². The van der Waals surface area contributed by atoms with E-state index in [1.54, 1.807) is 0 Å². The maximum absolute atomic E-state index is 5.78. The van der Waals surface area contributed by atoms with Gasteiger partial charge in [-0.2, -0.15) is 0 Å². The van der Waals surface area contributed by atoms with E-state index in [0.29, 0.717) is 12.1 Å². The highest BCUT2D eigenvalue weighted by atomic mass is 16.5. The van der Waals surface area contributed by atoms with Crippen molar-refractivity contribution in [1.82, 2.24) is 19.8 Å². The molecule has 2 aliphatic carbocycles. The van der Waals surface area contributed by atoms with Crippen LogP contribution in [-0.4, -0.2) is 58.4 Å². The van der Waals surface area contributed by atoms with Crippen LogP contribution in [-0.2, 0) is 11.2 Å². The summed E-state index contributed by atoms with van der Waals surface area (Å²) in [5.74, 6) is 3.30. The molecule has 3 aliphatic heterocycles. The number of rotatable bonds is 4. The molecule has 3 unspecified atom stereocenters. The molecule has 4 bridgehead atoms. The maximum Gasteiger partial charge on any atom is 0.111 e. The van der Waals surface area contributed by atoms with Crippen LogP contribution in [0.5, 0.6) is 0 Å². The molecule has 7 rings (SSSR count). The van der Waals surface area contributed by atoms with Gasteiger partial charge in [0.1, 0.15) is 5.82 Å². The quantitative estimate of drug-likeness (QED) is 0.687. The average Bonchev–Trinajstić information content (AvgIpc) is 3.22. The summed E-state index contributed by atoms with van der Waals surface area (Å²) >= 11 is 0. The lowest BCUT2D eigenvalue weighted by Crippen LogP contribution is -2.59. The van der Waals surface area contributed by atoms with E-state index >= 15 is 0 Å². The second-order valence-corrected chi connectivity index (χ2v) is 12.1. The fourth-order valence-electron chi connectivity index (χ4n) is 8.74. The van der Waals surface area contributed by atoms with Crippen LogP contribution >= 0.6 is 0 Å². The highest BCUT2D eigenvalue weighted by Gasteiger charge is 2.46. The SMILES string of the molecule is c1ccc2c(c1)nc(C[C@H]1COCCN1)n2C1C[C@H]2CCC[C@@H](C1)N2C1CCC2CCC[C@@H]1C2. The van der Waals surface area contributed by atoms with Gasteiger partial charge in [-0.3, -0.25) is 4.90 Å². The second kappa shape index (κ2) is 9.22. The van der Waals surface area contributed by atoms with Gasteiger partial charge < -0.3 is 14.6 Å². The average molecular weight is 463 g/mol. The predicted octanol–water partition coefficient (Wildman–Crippen LogP) is 5.09. The number of morpholine rings is 1. The first-order chi connectivity index (χ1) is 16.8. The summed E-state index contributed by atoms with van der Waals surface area (Å²) < 4.78 is 8.45. The summed E-state index contributed by atoms with van der Waals surface area (Å²) in [7, 11) is 0. The monoisotopic (exact) mass is 462 g/mol. The maximum atomic E-state index is 5.78. The van der Waals surface area contributed by atoms with Crippen LogP contribution in [0.3, 0.4) is 0 Å². The minimum absolute atomic E-state index is 0.380. The van der Waals surface area contributed by atoms with E-state index in [0.717, 1.165) is 56.1 Å². The highest BCUT2D eigenvalue weighted by molar-refractivity contribution is 5.76. The molecule has 5 heteroatoms. The van der Waals surface area contributed by atoms with Crippen molar-refractivity contribution < 1.29 is 4.74 Å². The van der Waals surface area contributed by atoms with Gasteiger partial charge in [-0.05, 0) is 75.3 Å². The van der Waals surface area contributed by atoms with Crippen LogP contribution in [0, 0.1) is 11.8 Å². The van der Waals surface area contributed by atoms with Crippen LogP contribution in [0.2, 0.25) is 0 Å². The van der Waals surface area contributed by atoms with E-state index in [-0.39, 0.29) is 0 Å². The molecule has 3 saturated heterocycles. The van der Waals surface area contributed by atoms with Crippen LogP contribution in [0.4, 0.5) is 0 Å². The first-order valence-electron chi connectivity index (χ1n) is 14.4. The molecule has 5 fully saturated rings. The molecule has 1 N–H and O–H groups in total. The Morgan fingerprint density at radius 1 is 0.912 bits per heavy atom. The summed E-state index contributed by atoms with van der Waals surface area (Å²) in [5.41, 5.74) is 2.51. The zero-order valence-corrected chi connectivity index (χ0v) is 20.7. The molecule has 7 atom stereocenters. The second-order valence-electron chi connectivity index (χ2n) is 12.1. The first-order valence-corrected chi connectivity index (χ1v) is 14.4. The summed E-state index contributed by atoms with van der Waals surface area (Å²) in [4.78, 5) is 8.28. The molecule has 1 aromatic heterocycles. The van der Waals surface area contributed by atoms with Gasteiger partial charge in [0.15, 0.2) is 0 Å². The Balaban J connectivity index is 1.18. The molecule has 2 aromatic rings. The molecule has 2 saturated carbocycles. The number of piperidine rings is 2. The van der Waals surface area contributed by atoms with Gasteiger partial charge in [-0.1, -0.05) is 31.4 Å². The van der Waals surface area contributed by atoms with Crippen LogP contribution in [0.1, 0.15) is 82.5 Å². The van der Waals surface area contributed by atoms with Crippen LogP contribution in [0.15, 0.2) is 24.3 Å². The van der Waals surface area contributed by atoms with E-state index in [9.17, 15) is 0 Å². The summed E-state index contributed by atoms with van der Waals surface area (Å²) in [6.45, 7) is 2.59. The topological polar surface area (TPSA) is 42.3 Å². The molecule has 184 valence electrons. The van der Waals surface area contributed by atoms with Gasteiger partial charge >= 0.3 is 0 Å². The molecule has 0 radical (unpaired) electrons. The summed E-state index contributed by atoms with van der Waals surface area (Å²) in [5, 5.41) is 3.67. The fraction of sp³-hybridized carbons (Fsp3) is 0.759. The Bertz CT molecular complexity index is 983. The number of hydrogen-bond acceptors (Lipinski definition) is 4. The van der Waals surface area contributed by atoms with Gasteiger partial charge in [-0.15, -0.1) is 0 Å². The standard InChI is InChI=1S/C29H42N4O/c1-2-10-28-26(9-1)31-29(16-22-19-34-14-13-30-22)33(28)25-17-23-7-4-8-24(18-25)32(23)27-12-11-20-5-3-6-21(27)15-20/h1-2,9-10,20-25,27,30H,3-8,11-19H2/t20?,21-,22+,23-,24+,25?,27?/m1/s1. The van der Waals surface area contributed by atoms with Gasteiger partial charge in [0.25, 0.3) is 0 Å². The number of fused-ring (bicyclic) bond motifs is 5. The summed E-state index contributed by atoms with van der Waals surface area (Å²) in [6.07, 6.45) is 16.8. The number of imidazole rings is 1. The predicted molar refractivity (Wildman–Crippen MR) is 136 cm³/mol. The number of hydrogen-bond donors (Lipinski definition) is 1. The Morgan fingerprint density at radius 3 is 2.62 bits per heavy atom. The van der Waals surface area contributed by atoms with E-state index < -0.39 is 0 Å². The van der Waals surface area contributed by atoms with Crippen molar-refractivity contribution >= 4 is 11.0 Å². The van der Waals surface area contributed by atoms with Crippen molar-refractivity contribution in [3.05, 3.63) is 30.1 Å². The van der Waals surface area contributed by atoms with Crippen LogP contribution < -0.4 is 5.32 Å². The van der Waals surface area contributed by atoms with Gasteiger partial charge in [0.2, 0.25) is 0 Å². The molecule has 34 heavy (non-hydrogen) atoms. The highest BCUT2D eigenvalue weighted by Crippen LogP contribution is 2.48. The molecular weight excluding hydrogens is 420 g/mol.